The van der Waals surface area contributed by atoms with Gasteiger partial charge in [0.25, 0.3) is 5.91 Å². The largest absolute Gasteiger partial charge is 0.305 e. The molecule has 0 aliphatic carbocycles. The fraction of sp³-hybridized carbons (Fsp3) is 0.400. The van der Waals surface area contributed by atoms with Crippen LogP contribution < -0.4 is 5.43 Å². The van der Waals surface area contributed by atoms with Gasteiger partial charge in [0.2, 0.25) is 0 Å². The third-order valence-electron chi connectivity index (χ3n) is 2.93. The van der Waals surface area contributed by atoms with Crippen LogP contribution >= 0.6 is 0 Å². The number of nitrogens with one attached hydrogen (secondary N) is 1. The lowest BCUT2D eigenvalue weighted by Crippen LogP contribution is -2.59. The van der Waals surface area contributed by atoms with Gasteiger partial charge in [0.05, 0.1) is 12.2 Å². The number of ketones is 1. The average Bonchev–Trinajstić information content (AvgIpc) is 2.68. The van der Waals surface area contributed by atoms with Crippen LogP contribution in [0.25, 0.3) is 0 Å². The number of rotatable bonds is 0. The van der Waals surface area contributed by atoms with Crippen LogP contribution in [-0.2, 0) is 9.59 Å². The van der Waals surface area contributed by atoms with Gasteiger partial charge in [-0.3, -0.25) is 9.59 Å². The van der Waals surface area contributed by atoms with E-state index >= 15 is 0 Å². The number of nitrogens with zero attached hydrogens (tertiary/aromatic N) is 2. The zero-order chi connectivity index (χ0) is 10.4. The molecule has 1 unspecified atom stereocenters. The van der Waals surface area contributed by atoms with Gasteiger partial charge in [0, 0.05) is 19.2 Å². The Morgan fingerprint density at radius 1 is 1.40 bits per heavy atom. The van der Waals surface area contributed by atoms with Crippen LogP contribution in [0.2, 0.25) is 0 Å². The third kappa shape index (κ3) is 1.20. The van der Waals surface area contributed by atoms with Crippen molar-refractivity contribution in [1.82, 2.24) is 15.3 Å². The van der Waals surface area contributed by atoms with Crippen LogP contribution in [-0.4, -0.2) is 40.7 Å². The second-order valence-corrected chi connectivity index (χ2v) is 3.91. The summed E-state index contributed by atoms with van der Waals surface area (Å²) in [6, 6.07) is -0.352. The Balaban J connectivity index is 1.95. The Kier molecular flexibility index (Phi) is 1.70. The minimum Gasteiger partial charge on any atom is -0.305 e. The Hall–Kier alpha value is -1.62. The molecule has 5 heteroatoms. The molecule has 0 aromatic carbocycles. The lowest BCUT2D eigenvalue weighted by molar-refractivity contribution is -0.141. The first-order valence-electron chi connectivity index (χ1n) is 4.99. The first-order valence-corrected chi connectivity index (χ1v) is 4.99. The van der Waals surface area contributed by atoms with E-state index in [4.69, 9.17) is 0 Å². The van der Waals surface area contributed by atoms with Crippen LogP contribution in [0.3, 0.4) is 0 Å². The number of Topliss-reactive ketones (excluding diaryl/α,β-unsaturated/α-hetero) is 1. The quantitative estimate of drug-likeness (QED) is 0.573. The molecule has 78 valence electrons. The van der Waals surface area contributed by atoms with Crippen molar-refractivity contribution in [3.63, 3.8) is 0 Å². The summed E-state index contributed by atoms with van der Waals surface area (Å²) in [4.78, 5) is 25.0. The molecule has 5 nitrogen and oxygen atoms in total. The molecule has 0 aromatic rings. The first kappa shape index (κ1) is 8.67. The summed E-state index contributed by atoms with van der Waals surface area (Å²) in [5.41, 5.74) is 3.84. The number of fused-ring (bicyclic) bond motifs is 2. The van der Waals surface area contributed by atoms with Crippen LogP contribution in [0.5, 0.6) is 0 Å². The Morgan fingerprint density at radius 3 is 3.13 bits per heavy atom. The maximum atomic E-state index is 12.0. The van der Waals surface area contributed by atoms with Crippen LogP contribution in [0.15, 0.2) is 24.0 Å². The number of hydrogen-bond acceptors (Lipinski definition) is 4. The zero-order valence-corrected chi connectivity index (χ0v) is 8.14. The van der Waals surface area contributed by atoms with E-state index in [1.54, 1.807) is 9.91 Å². The SMILES string of the molecule is O=C1CNN2C=C3C=CCN3C(=O)C2C1. The zero-order valence-electron chi connectivity index (χ0n) is 8.14. The number of hydrazine groups is 1. The molecule has 1 atom stereocenters. The summed E-state index contributed by atoms with van der Waals surface area (Å²) in [6.07, 6.45) is 6.07. The van der Waals surface area contributed by atoms with Crippen molar-refractivity contribution in [1.29, 1.82) is 0 Å². The number of carbonyl (C=O) groups excluding carboxylic acids is 2. The van der Waals surface area contributed by atoms with Crippen molar-refractivity contribution in [3.8, 4) is 0 Å². The maximum Gasteiger partial charge on any atom is 0.252 e. The molecular weight excluding hydrogens is 194 g/mol. The highest BCUT2D eigenvalue weighted by Gasteiger charge is 2.39. The number of amides is 1. The Labute approximate surface area is 87.0 Å². The van der Waals surface area contributed by atoms with E-state index in [9.17, 15) is 9.59 Å². The highest BCUT2D eigenvalue weighted by Crippen LogP contribution is 2.25. The topological polar surface area (TPSA) is 52.7 Å². The molecule has 0 saturated carbocycles. The number of carbonyl (C=O) groups is 2. The minimum absolute atomic E-state index is 0.0121. The van der Waals surface area contributed by atoms with Crippen molar-refractivity contribution >= 4 is 11.7 Å². The summed E-state index contributed by atoms with van der Waals surface area (Å²) in [6.45, 7) is 0.945. The number of hydrogen-bond donors (Lipinski definition) is 1. The van der Waals surface area contributed by atoms with E-state index < -0.39 is 0 Å². The molecule has 0 aromatic heterocycles. The highest BCUT2D eigenvalue weighted by atomic mass is 16.2. The monoisotopic (exact) mass is 205 g/mol. The minimum atomic E-state index is -0.352. The fourth-order valence-electron chi connectivity index (χ4n) is 2.14. The lowest BCUT2D eigenvalue weighted by atomic mass is 10.0. The van der Waals surface area contributed by atoms with Crippen molar-refractivity contribution in [3.05, 3.63) is 24.0 Å². The summed E-state index contributed by atoms with van der Waals surface area (Å²) in [5.74, 6) is 0.103. The fourth-order valence-corrected chi connectivity index (χ4v) is 2.14. The van der Waals surface area contributed by atoms with Crippen LogP contribution in [0, 0.1) is 0 Å². The Bertz CT molecular complexity index is 399. The van der Waals surface area contributed by atoms with E-state index in [2.05, 4.69) is 5.43 Å². The molecule has 1 fully saturated rings. The molecule has 0 radical (unpaired) electrons. The summed E-state index contributed by atoms with van der Waals surface area (Å²) in [7, 11) is 0. The van der Waals surface area contributed by atoms with Gasteiger partial charge >= 0.3 is 0 Å². The summed E-state index contributed by atoms with van der Waals surface area (Å²) < 4.78 is 0. The van der Waals surface area contributed by atoms with E-state index in [0.29, 0.717) is 19.5 Å². The first-order chi connectivity index (χ1) is 7.25. The van der Waals surface area contributed by atoms with E-state index in [-0.39, 0.29) is 17.7 Å². The van der Waals surface area contributed by atoms with Gasteiger partial charge in [-0.25, -0.2) is 5.43 Å². The molecule has 1 N–H and O–H groups in total. The van der Waals surface area contributed by atoms with Gasteiger partial charge in [-0.15, -0.1) is 0 Å². The summed E-state index contributed by atoms with van der Waals surface area (Å²) >= 11 is 0. The predicted molar refractivity (Wildman–Crippen MR) is 52.2 cm³/mol. The maximum absolute atomic E-state index is 12.0. The van der Waals surface area contributed by atoms with Gasteiger partial charge in [-0.1, -0.05) is 6.08 Å². The molecule has 3 aliphatic heterocycles. The van der Waals surface area contributed by atoms with Gasteiger partial charge in [0.1, 0.15) is 6.04 Å². The van der Waals surface area contributed by atoms with Crippen LogP contribution in [0.4, 0.5) is 0 Å². The van der Waals surface area contributed by atoms with E-state index in [0.717, 1.165) is 5.70 Å². The number of allylic oxidation sites excluding steroid dienone is 1. The Morgan fingerprint density at radius 2 is 2.27 bits per heavy atom. The van der Waals surface area contributed by atoms with E-state index in [1.807, 2.05) is 18.4 Å². The second-order valence-electron chi connectivity index (χ2n) is 3.91. The third-order valence-corrected chi connectivity index (χ3v) is 2.93. The van der Waals surface area contributed by atoms with Crippen molar-refractivity contribution in [2.75, 3.05) is 13.1 Å². The second kappa shape index (κ2) is 2.93. The molecule has 3 heterocycles. The molecule has 0 bridgehead atoms. The molecule has 15 heavy (non-hydrogen) atoms. The van der Waals surface area contributed by atoms with Crippen molar-refractivity contribution < 1.29 is 9.59 Å². The smallest absolute Gasteiger partial charge is 0.252 e. The molecule has 1 amide bonds. The van der Waals surface area contributed by atoms with Gasteiger partial charge < -0.3 is 9.91 Å². The lowest BCUT2D eigenvalue weighted by Gasteiger charge is -2.40. The molecular formula is C10H11N3O2. The normalized spacial score (nSPS) is 29.1. The standard InChI is InChI=1S/C10H11N3O2/c14-8-4-9-10(15)12-3-1-2-7(12)6-13(9)11-5-8/h1-2,6,9,11H,3-5H2. The average molecular weight is 205 g/mol. The van der Waals surface area contributed by atoms with Crippen LogP contribution in [0.1, 0.15) is 6.42 Å². The van der Waals surface area contributed by atoms with Crippen molar-refractivity contribution in [2.45, 2.75) is 12.5 Å². The summed E-state index contributed by atoms with van der Waals surface area (Å²) in [5, 5.41) is 1.76. The molecule has 1 saturated heterocycles. The van der Waals surface area contributed by atoms with Gasteiger partial charge in [0.15, 0.2) is 5.78 Å². The van der Waals surface area contributed by atoms with Gasteiger partial charge in [-0.05, 0) is 6.08 Å². The van der Waals surface area contributed by atoms with E-state index in [1.165, 1.54) is 0 Å². The molecule has 0 spiro atoms. The van der Waals surface area contributed by atoms with Crippen molar-refractivity contribution in [2.24, 2.45) is 0 Å². The van der Waals surface area contributed by atoms with Gasteiger partial charge in [-0.2, -0.15) is 0 Å². The highest BCUT2D eigenvalue weighted by molar-refractivity contribution is 5.93. The molecule has 3 rings (SSSR count). The molecule has 3 aliphatic rings. The predicted octanol–water partition coefficient (Wildman–Crippen LogP) is -0.612.